The van der Waals surface area contributed by atoms with Crippen LogP contribution < -0.4 is 9.46 Å². The number of nitrogens with one attached hydrogen (secondary N) is 1. The van der Waals surface area contributed by atoms with Crippen LogP contribution in [0.5, 0.6) is 5.75 Å². The summed E-state index contributed by atoms with van der Waals surface area (Å²) in [7, 11) is -3.67. The lowest BCUT2D eigenvalue weighted by atomic mass is 10.2. The third-order valence-corrected chi connectivity index (χ3v) is 4.65. The Balaban J connectivity index is 1.81. The molecule has 1 N–H and O–H groups in total. The lowest BCUT2D eigenvalue weighted by Crippen LogP contribution is -2.14. The first kappa shape index (κ1) is 13.9. The van der Waals surface area contributed by atoms with Crippen molar-refractivity contribution in [3.05, 3.63) is 36.1 Å². The van der Waals surface area contributed by atoms with Gasteiger partial charge in [0.05, 0.1) is 11.5 Å². The van der Waals surface area contributed by atoms with E-state index in [1.165, 1.54) is 18.4 Å². The molecule has 7 heteroatoms. The van der Waals surface area contributed by atoms with E-state index in [-0.39, 0.29) is 10.7 Å². The highest BCUT2D eigenvalue weighted by molar-refractivity contribution is 7.92. The van der Waals surface area contributed by atoms with Gasteiger partial charge in [0.25, 0.3) is 10.0 Å². The molecule has 3 rings (SSSR count). The summed E-state index contributed by atoms with van der Waals surface area (Å²) in [6.07, 6.45) is 3.59. The maximum absolute atomic E-state index is 12.3. The molecule has 6 nitrogen and oxygen atoms in total. The molecular formula is C14H16N2O4S. The summed E-state index contributed by atoms with van der Waals surface area (Å²) >= 11 is 0. The second kappa shape index (κ2) is 5.40. The number of nitrogens with zero attached hydrogens (tertiary/aromatic N) is 1. The van der Waals surface area contributed by atoms with E-state index in [0.29, 0.717) is 18.3 Å². The number of anilines is 1. The lowest BCUT2D eigenvalue weighted by Gasteiger charge is -2.08. The monoisotopic (exact) mass is 308 g/mol. The molecule has 1 aromatic carbocycles. The molecule has 0 aliphatic heterocycles. The van der Waals surface area contributed by atoms with Crippen molar-refractivity contribution in [1.82, 2.24) is 5.16 Å². The molecule has 0 spiro atoms. The van der Waals surface area contributed by atoms with Crippen molar-refractivity contribution in [3.8, 4) is 5.75 Å². The summed E-state index contributed by atoms with van der Waals surface area (Å²) in [6, 6.07) is 6.26. The molecule has 0 unspecified atom stereocenters. The maximum atomic E-state index is 12.3. The SMILES string of the molecule is CCOc1ccc(S(=O)(=O)Nc2nocc2C2CC2)cc1. The van der Waals surface area contributed by atoms with Crippen LogP contribution in [0.25, 0.3) is 0 Å². The van der Waals surface area contributed by atoms with Gasteiger partial charge in [0, 0.05) is 5.56 Å². The highest BCUT2D eigenvalue weighted by Crippen LogP contribution is 2.43. The summed E-state index contributed by atoms with van der Waals surface area (Å²) in [5, 5.41) is 3.75. The molecule has 1 saturated carbocycles. The van der Waals surface area contributed by atoms with Gasteiger partial charge in [-0.05, 0) is 49.9 Å². The molecule has 1 aliphatic carbocycles. The summed E-state index contributed by atoms with van der Waals surface area (Å²) in [6.45, 7) is 2.41. The normalized spacial score (nSPS) is 14.9. The number of aromatic nitrogens is 1. The van der Waals surface area contributed by atoms with Gasteiger partial charge in [0.15, 0.2) is 5.82 Å². The minimum Gasteiger partial charge on any atom is -0.494 e. The largest absolute Gasteiger partial charge is 0.494 e. The molecule has 0 atom stereocenters. The Kier molecular flexibility index (Phi) is 3.59. The molecule has 112 valence electrons. The van der Waals surface area contributed by atoms with Gasteiger partial charge < -0.3 is 9.26 Å². The van der Waals surface area contributed by atoms with E-state index in [9.17, 15) is 8.42 Å². The molecule has 0 saturated heterocycles. The molecule has 2 aromatic rings. The van der Waals surface area contributed by atoms with Crippen LogP contribution >= 0.6 is 0 Å². The standard InChI is InChI=1S/C14H16N2O4S/c1-2-19-11-5-7-12(8-6-11)21(17,18)16-14-13(9-20-15-14)10-3-4-10/h5-10H,2-4H2,1H3,(H,15,16). The number of hydrogen-bond donors (Lipinski definition) is 1. The number of ether oxygens (including phenoxy) is 1. The van der Waals surface area contributed by atoms with E-state index in [4.69, 9.17) is 9.26 Å². The summed E-state index contributed by atoms with van der Waals surface area (Å²) < 4.78 is 37.3. The third kappa shape index (κ3) is 3.02. The first-order valence-electron chi connectivity index (χ1n) is 6.80. The van der Waals surface area contributed by atoms with Crippen LogP contribution in [-0.4, -0.2) is 20.2 Å². The van der Waals surface area contributed by atoms with E-state index >= 15 is 0 Å². The molecule has 21 heavy (non-hydrogen) atoms. The van der Waals surface area contributed by atoms with Gasteiger partial charge in [0.1, 0.15) is 12.0 Å². The minimum absolute atomic E-state index is 0.163. The van der Waals surface area contributed by atoms with Crippen molar-refractivity contribution in [2.24, 2.45) is 0 Å². The van der Waals surface area contributed by atoms with Gasteiger partial charge in [-0.3, -0.25) is 4.72 Å². The van der Waals surface area contributed by atoms with Crippen molar-refractivity contribution >= 4 is 15.8 Å². The zero-order valence-corrected chi connectivity index (χ0v) is 12.4. The van der Waals surface area contributed by atoms with Gasteiger partial charge in [-0.2, -0.15) is 0 Å². The van der Waals surface area contributed by atoms with Crippen LogP contribution in [0.4, 0.5) is 5.82 Å². The fraction of sp³-hybridized carbons (Fsp3) is 0.357. The summed E-state index contributed by atoms with van der Waals surface area (Å²) in [5.41, 5.74) is 0.824. The summed E-state index contributed by atoms with van der Waals surface area (Å²) in [4.78, 5) is 0.163. The Bertz CT molecular complexity index is 718. The zero-order chi connectivity index (χ0) is 14.9. The molecule has 1 aliphatic rings. The number of benzene rings is 1. The van der Waals surface area contributed by atoms with E-state index < -0.39 is 10.0 Å². The molecule has 0 bridgehead atoms. The van der Waals surface area contributed by atoms with E-state index in [2.05, 4.69) is 9.88 Å². The van der Waals surface area contributed by atoms with Crippen molar-refractivity contribution in [3.63, 3.8) is 0 Å². The first-order chi connectivity index (χ1) is 10.1. The quantitative estimate of drug-likeness (QED) is 0.887. The van der Waals surface area contributed by atoms with Crippen LogP contribution in [0.2, 0.25) is 0 Å². The second-order valence-electron chi connectivity index (χ2n) is 4.90. The third-order valence-electron chi connectivity index (χ3n) is 3.29. The van der Waals surface area contributed by atoms with Crippen molar-refractivity contribution in [2.45, 2.75) is 30.6 Å². The van der Waals surface area contributed by atoms with Gasteiger partial charge in [-0.25, -0.2) is 8.42 Å². The lowest BCUT2D eigenvalue weighted by molar-refractivity contribution is 0.340. The van der Waals surface area contributed by atoms with Crippen LogP contribution in [0.15, 0.2) is 39.9 Å². The van der Waals surface area contributed by atoms with Crippen molar-refractivity contribution in [1.29, 1.82) is 0 Å². The Morgan fingerprint density at radius 3 is 2.67 bits per heavy atom. The number of sulfonamides is 1. The predicted molar refractivity (Wildman–Crippen MR) is 76.9 cm³/mol. The highest BCUT2D eigenvalue weighted by Gasteiger charge is 2.30. The van der Waals surface area contributed by atoms with Gasteiger partial charge in [0.2, 0.25) is 0 Å². The molecule has 1 heterocycles. The predicted octanol–water partition coefficient (Wildman–Crippen LogP) is 2.75. The fourth-order valence-corrected chi connectivity index (χ4v) is 3.10. The Morgan fingerprint density at radius 1 is 1.33 bits per heavy atom. The molecular weight excluding hydrogens is 292 g/mol. The topological polar surface area (TPSA) is 81.4 Å². The Morgan fingerprint density at radius 2 is 2.05 bits per heavy atom. The summed E-state index contributed by atoms with van der Waals surface area (Å²) in [5.74, 6) is 1.28. The zero-order valence-electron chi connectivity index (χ0n) is 11.6. The average molecular weight is 308 g/mol. The van der Waals surface area contributed by atoms with Crippen LogP contribution in [0.3, 0.4) is 0 Å². The van der Waals surface area contributed by atoms with Gasteiger partial charge in [-0.15, -0.1) is 0 Å². The van der Waals surface area contributed by atoms with E-state index in [1.807, 2.05) is 6.92 Å². The average Bonchev–Trinajstić information content (AvgIpc) is 3.20. The molecule has 0 radical (unpaired) electrons. The highest BCUT2D eigenvalue weighted by atomic mass is 32.2. The maximum Gasteiger partial charge on any atom is 0.263 e. The van der Waals surface area contributed by atoms with E-state index in [1.54, 1.807) is 12.1 Å². The fourth-order valence-electron chi connectivity index (χ4n) is 2.07. The van der Waals surface area contributed by atoms with Gasteiger partial charge >= 0.3 is 0 Å². The minimum atomic E-state index is -3.67. The Labute approximate surface area is 123 Å². The molecule has 0 amide bonds. The van der Waals surface area contributed by atoms with Crippen molar-refractivity contribution < 1.29 is 17.7 Å². The van der Waals surface area contributed by atoms with Crippen LogP contribution in [-0.2, 0) is 10.0 Å². The Hall–Kier alpha value is -2.02. The number of rotatable bonds is 6. The van der Waals surface area contributed by atoms with Crippen LogP contribution in [0, 0.1) is 0 Å². The second-order valence-corrected chi connectivity index (χ2v) is 6.59. The smallest absolute Gasteiger partial charge is 0.263 e. The molecule has 1 aromatic heterocycles. The number of hydrogen-bond acceptors (Lipinski definition) is 5. The first-order valence-corrected chi connectivity index (χ1v) is 8.28. The van der Waals surface area contributed by atoms with E-state index in [0.717, 1.165) is 18.4 Å². The van der Waals surface area contributed by atoms with Crippen LogP contribution in [0.1, 0.15) is 31.2 Å². The van der Waals surface area contributed by atoms with Gasteiger partial charge in [-0.1, -0.05) is 5.16 Å². The molecule has 1 fully saturated rings. The van der Waals surface area contributed by atoms with Crippen molar-refractivity contribution in [2.75, 3.05) is 11.3 Å².